The molecule has 0 aliphatic carbocycles. The number of nitrogens with zero attached hydrogens (tertiary/aromatic N) is 2. The lowest BCUT2D eigenvalue weighted by molar-refractivity contribution is -0.123. The van der Waals surface area contributed by atoms with Crippen LogP contribution in [0.15, 0.2) is 77.5 Å². The number of ether oxygens (including phenoxy) is 1. The van der Waals surface area contributed by atoms with Crippen molar-refractivity contribution < 1.29 is 28.3 Å². The Morgan fingerprint density at radius 3 is 2.43 bits per heavy atom. The fourth-order valence-corrected chi connectivity index (χ4v) is 5.61. The summed E-state index contributed by atoms with van der Waals surface area (Å²) in [5, 5.41) is 0. The third-order valence-corrected chi connectivity index (χ3v) is 7.04. The molecular weight excluding hydrogens is 448 g/mol. The van der Waals surface area contributed by atoms with Crippen LogP contribution < -0.4 is 4.90 Å². The van der Waals surface area contributed by atoms with Gasteiger partial charge in [-0.25, -0.2) is 9.69 Å². The average Bonchev–Trinajstić information content (AvgIpc) is 3.60. The zero-order valence-corrected chi connectivity index (χ0v) is 18.7. The number of imide groups is 1. The Balaban J connectivity index is 1.51. The fraction of sp³-hybridized carbons (Fsp3) is 0.185. The normalized spacial score (nSPS) is 24.3. The number of ketones is 1. The summed E-state index contributed by atoms with van der Waals surface area (Å²) in [6.07, 6.45) is 5.07. The van der Waals surface area contributed by atoms with Crippen molar-refractivity contribution in [2.75, 3.05) is 12.0 Å². The van der Waals surface area contributed by atoms with Gasteiger partial charge in [0.25, 0.3) is 0 Å². The maximum atomic E-state index is 13.9. The van der Waals surface area contributed by atoms with Crippen LogP contribution in [0.2, 0.25) is 0 Å². The maximum Gasteiger partial charge on any atom is 0.339 e. The van der Waals surface area contributed by atoms with Crippen LogP contribution in [0.5, 0.6) is 0 Å². The molecule has 2 fully saturated rings. The minimum atomic E-state index is -0.952. The molecule has 1 aromatic heterocycles. The molecule has 2 saturated heterocycles. The standard InChI is InChI=1S/C27H20N2O6/c1-34-27(33)17-9-4-5-10-18(17)29-25(31)20-21(26(29)32)23(24(30)19-11-6-14-35-19)28-13-12-15-7-2-3-8-16(15)22(20)28/h2-14,20-23H,1H3. The predicted octanol–water partition coefficient (Wildman–Crippen LogP) is 3.46. The van der Waals surface area contributed by atoms with Crippen LogP contribution in [0.1, 0.15) is 38.1 Å². The van der Waals surface area contributed by atoms with E-state index in [2.05, 4.69) is 0 Å². The molecule has 3 aliphatic heterocycles. The van der Waals surface area contributed by atoms with Gasteiger partial charge in [0.15, 0.2) is 5.76 Å². The molecule has 6 rings (SSSR count). The second-order valence-corrected chi connectivity index (χ2v) is 8.70. The van der Waals surface area contributed by atoms with E-state index >= 15 is 0 Å². The number of hydrogen-bond acceptors (Lipinski definition) is 7. The molecule has 4 heterocycles. The lowest BCUT2D eigenvalue weighted by Crippen LogP contribution is -2.44. The minimum absolute atomic E-state index is 0.103. The van der Waals surface area contributed by atoms with Gasteiger partial charge in [0.1, 0.15) is 6.04 Å². The Hall–Kier alpha value is -4.46. The fourth-order valence-electron chi connectivity index (χ4n) is 5.61. The number of furan rings is 1. The summed E-state index contributed by atoms with van der Waals surface area (Å²) in [5.74, 6) is -3.66. The molecule has 3 aromatic rings. The number of methoxy groups -OCH3 is 1. The number of hydrogen-bond donors (Lipinski definition) is 0. The largest absolute Gasteiger partial charge is 0.465 e. The monoisotopic (exact) mass is 468 g/mol. The Labute approximate surface area is 200 Å². The Bertz CT molecular complexity index is 1410. The molecule has 0 bridgehead atoms. The van der Waals surface area contributed by atoms with Crippen molar-refractivity contribution in [1.82, 2.24) is 4.90 Å². The van der Waals surface area contributed by atoms with Gasteiger partial charge >= 0.3 is 5.97 Å². The zero-order valence-electron chi connectivity index (χ0n) is 18.7. The number of amides is 2. The number of anilines is 1. The summed E-state index contributed by atoms with van der Waals surface area (Å²) in [4.78, 5) is 56.7. The van der Waals surface area contributed by atoms with Gasteiger partial charge in [0.05, 0.1) is 42.5 Å². The van der Waals surface area contributed by atoms with E-state index in [0.29, 0.717) is 0 Å². The summed E-state index contributed by atoms with van der Waals surface area (Å²) < 4.78 is 10.2. The van der Waals surface area contributed by atoms with Gasteiger partial charge in [-0.1, -0.05) is 36.4 Å². The first-order chi connectivity index (χ1) is 17.0. The summed E-state index contributed by atoms with van der Waals surface area (Å²) in [6, 6.07) is 15.7. The lowest BCUT2D eigenvalue weighted by atomic mass is 9.84. The Morgan fingerprint density at radius 2 is 1.66 bits per heavy atom. The van der Waals surface area contributed by atoms with E-state index in [1.54, 1.807) is 36.5 Å². The number of carbonyl (C=O) groups is 4. The van der Waals surface area contributed by atoms with Crippen molar-refractivity contribution in [2.45, 2.75) is 12.1 Å². The van der Waals surface area contributed by atoms with E-state index in [1.807, 2.05) is 35.2 Å². The van der Waals surface area contributed by atoms with Crippen molar-refractivity contribution >= 4 is 35.3 Å². The van der Waals surface area contributed by atoms with Crippen molar-refractivity contribution in [3.8, 4) is 0 Å². The number of Topliss-reactive ketones (excluding diaryl/α,β-unsaturated/α-hetero) is 1. The second-order valence-electron chi connectivity index (χ2n) is 8.70. The highest BCUT2D eigenvalue weighted by Gasteiger charge is 2.65. The van der Waals surface area contributed by atoms with Crippen LogP contribution in [-0.2, 0) is 14.3 Å². The van der Waals surface area contributed by atoms with Crippen molar-refractivity contribution in [3.05, 3.63) is 95.6 Å². The molecule has 2 amide bonds. The Kier molecular flexibility index (Phi) is 4.70. The number of para-hydroxylation sites is 1. The molecule has 3 aliphatic rings. The summed E-state index contributed by atoms with van der Waals surface area (Å²) in [5.41, 5.74) is 2.04. The number of rotatable bonds is 4. The van der Waals surface area contributed by atoms with E-state index in [9.17, 15) is 19.2 Å². The lowest BCUT2D eigenvalue weighted by Gasteiger charge is -2.35. The van der Waals surface area contributed by atoms with Crippen LogP contribution >= 0.6 is 0 Å². The van der Waals surface area contributed by atoms with E-state index in [0.717, 1.165) is 16.0 Å². The third kappa shape index (κ3) is 2.92. The van der Waals surface area contributed by atoms with Gasteiger partial charge in [-0.2, -0.15) is 0 Å². The van der Waals surface area contributed by atoms with Crippen molar-refractivity contribution in [3.63, 3.8) is 0 Å². The molecular formula is C27H20N2O6. The number of carbonyl (C=O) groups excluding carboxylic acids is 4. The average molecular weight is 468 g/mol. The smallest absolute Gasteiger partial charge is 0.339 e. The molecule has 0 radical (unpaired) electrons. The first-order valence-corrected chi connectivity index (χ1v) is 11.2. The Morgan fingerprint density at radius 1 is 0.914 bits per heavy atom. The highest BCUT2D eigenvalue weighted by molar-refractivity contribution is 6.26. The molecule has 0 spiro atoms. The molecule has 0 N–H and O–H groups in total. The molecule has 174 valence electrons. The van der Waals surface area contributed by atoms with E-state index < -0.39 is 41.7 Å². The van der Waals surface area contributed by atoms with Crippen molar-refractivity contribution in [2.24, 2.45) is 11.8 Å². The zero-order chi connectivity index (χ0) is 24.3. The van der Waals surface area contributed by atoms with Gasteiger partial charge in [-0.3, -0.25) is 14.4 Å². The van der Waals surface area contributed by atoms with E-state index in [1.165, 1.54) is 19.4 Å². The molecule has 4 unspecified atom stereocenters. The maximum absolute atomic E-state index is 13.9. The van der Waals surface area contributed by atoms with E-state index in [4.69, 9.17) is 9.15 Å². The molecule has 35 heavy (non-hydrogen) atoms. The first kappa shape index (κ1) is 21.1. The van der Waals surface area contributed by atoms with Crippen LogP contribution in [-0.4, -0.2) is 41.6 Å². The predicted molar refractivity (Wildman–Crippen MR) is 124 cm³/mol. The summed E-state index contributed by atoms with van der Waals surface area (Å²) in [7, 11) is 1.24. The molecule has 4 atom stereocenters. The molecule has 8 nitrogen and oxygen atoms in total. The van der Waals surface area contributed by atoms with Crippen LogP contribution in [0.3, 0.4) is 0 Å². The van der Waals surface area contributed by atoms with Gasteiger partial charge in [-0.15, -0.1) is 0 Å². The number of esters is 1. The number of benzene rings is 2. The van der Waals surface area contributed by atoms with Gasteiger partial charge < -0.3 is 14.1 Å². The summed E-state index contributed by atoms with van der Waals surface area (Å²) in [6.45, 7) is 0. The highest BCUT2D eigenvalue weighted by Crippen LogP contribution is 2.54. The first-order valence-electron chi connectivity index (χ1n) is 11.2. The SMILES string of the molecule is COC(=O)c1ccccc1N1C(=O)C2C(C1=O)C1c3ccccc3C=CN1C2C(=O)c1ccco1. The molecule has 8 heteroatoms. The van der Waals surface area contributed by atoms with Crippen molar-refractivity contribution in [1.29, 1.82) is 0 Å². The third-order valence-electron chi connectivity index (χ3n) is 7.04. The van der Waals surface area contributed by atoms with Crippen LogP contribution in [0.25, 0.3) is 6.08 Å². The topological polar surface area (TPSA) is 97.1 Å². The van der Waals surface area contributed by atoms with Gasteiger partial charge in [-0.05, 0) is 41.5 Å². The quantitative estimate of drug-likeness (QED) is 0.329. The minimum Gasteiger partial charge on any atom is -0.465 e. The van der Waals surface area contributed by atoms with Gasteiger partial charge in [0, 0.05) is 6.20 Å². The van der Waals surface area contributed by atoms with Crippen LogP contribution in [0, 0.1) is 11.8 Å². The van der Waals surface area contributed by atoms with Crippen LogP contribution in [0.4, 0.5) is 5.69 Å². The molecule has 0 saturated carbocycles. The number of fused-ring (bicyclic) bond motifs is 5. The second kappa shape index (κ2) is 7.80. The molecule has 2 aromatic carbocycles. The summed E-state index contributed by atoms with van der Waals surface area (Å²) >= 11 is 0. The highest BCUT2D eigenvalue weighted by atomic mass is 16.5. The van der Waals surface area contributed by atoms with Gasteiger partial charge in [0.2, 0.25) is 17.6 Å². The van der Waals surface area contributed by atoms with E-state index in [-0.39, 0.29) is 22.8 Å².